The molecule has 0 radical (unpaired) electrons. The molecule has 2 N–H and O–H groups in total. The monoisotopic (exact) mass is 312 g/mol. The summed E-state index contributed by atoms with van der Waals surface area (Å²) in [5.41, 5.74) is 0.489. The number of nitrogens with zero attached hydrogens (tertiary/aromatic N) is 2. The number of nitrogens with one attached hydrogen (secondary N) is 2. The van der Waals surface area contributed by atoms with Crippen molar-refractivity contribution in [2.75, 3.05) is 17.7 Å². The number of benzene rings is 1. The van der Waals surface area contributed by atoms with E-state index in [0.29, 0.717) is 27.4 Å². The molecule has 0 atom stereocenters. The van der Waals surface area contributed by atoms with Crippen LogP contribution in [0, 0.1) is 10.1 Å². The Morgan fingerprint density at radius 2 is 1.90 bits per heavy atom. The Morgan fingerprint density at radius 3 is 2.50 bits per heavy atom. The van der Waals surface area contributed by atoms with Crippen LogP contribution in [0.25, 0.3) is 0 Å². The number of anilines is 3. The van der Waals surface area contributed by atoms with Gasteiger partial charge < -0.3 is 10.6 Å². The number of hydrogen-bond acceptors (Lipinski definition) is 5. The third kappa shape index (κ3) is 3.28. The van der Waals surface area contributed by atoms with Gasteiger partial charge in [-0.15, -0.1) is 0 Å². The van der Waals surface area contributed by atoms with Crippen LogP contribution in [-0.2, 0) is 0 Å². The molecule has 0 aliphatic heterocycles. The van der Waals surface area contributed by atoms with Crippen LogP contribution < -0.4 is 10.6 Å². The van der Waals surface area contributed by atoms with Crippen molar-refractivity contribution >= 4 is 46.2 Å². The third-order valence-electron chi connectivity index (χ3n) is 2.47. The van der Waals surface area contributed by atoms with Gasteiger partial charge in [0.05, 0.1) is 27.8 Å². The second-order valence-electron chi connectivity index (χ2n) is 3.85. The lowest BCUT2D eigenvalue weighted by atomic mass is 10.3. The Labute approximate surface area is 124 Å². The van der Waals surface area contributed by atoms with Gasteiger partial charge in [0, 0.05) is 12.1 Å². The van der Waals surface area contributed by atoms with Crippen molar-refractivity contribution in [1.82, 2.24) is 4.98 Å². The van der Waals surface area contributed by atoms with E-state index >= 15 is 0 Å². The van der Waals surface area contributed by atoms with E-state index in [1.165, 1.54) is 12.1 Å². The maximum absolute atomic E-state index is 10.9. The highest BCUT2D eigenvalue weighted by molar-refractivity contribution is 6.36. The molecule has 0 saturated heterocycles. The van der Waals surface area contributed by atoms with E-state index in [4.69, 9.17) is 23.2 Å². The smallest absolute Gasteiger partial charge is 0.276 e. The number of pyridine rings is 1. The Kier molecular flexibility index (Phi) is 4.26. The number of halogens is 2. The molecule has 6 nitrogen and oxygen atoms in total. The zero-order valence-electron chi connectivity index (χ0n) is 10.4. The molecule has 0 fully saturated rings. The SMILES string of the molecule is CNc1cc([N+](=O)[O-])cc(Nc2ccc(Cl)cc2Cl)n1. The highest BCUT2D eigenvalue weighted by atomic mass is 35.5. The summed E-state index contributed by atoms with van der Waals surface area (Å²) >= 11 is 11.8. The first-order valence-electron chi connectivity index (χ1n) is 5.56. The first-order valence-corrected chi connectivity index (χ1v) is 6.31. The van der Waals surface area contributed by atoms with Crippen molar-refractivity contribution in [2.45, 2.75) is 0 Å². The summed E-state index contributed by atoms with van der Waals surface area (Å²) in [6, 6.07) is 7.57. The molecule has 20 heavy (non-hydrogen) atoms. The van der Waals surface area contributed by atoms with Crippen molar-refractivity contribution in [1.29, 1.82) is 0 Å². The molecule has 2 aromatic rings. The summed E-state index contributed by atoms with van der Waals surface area (Å²) in [6.07, 6.45) is 0. The van der Waals surface area contributed by atoms with E-state index in [0.717, 1.165) is 0 Å². The molecular weight excluding hydrogens is 303 g/mol. The molecule has 0 unspecified atom stereocenters. The minimum atomic E-state index is -0.489. The van der Waals surface area contributed by atoms with Crippen LogP contribution in [0.15, 0.2) is 30.3 Å². The van der Waals surface area contributed by atoms with Crippen LogP contribution in [0.4, 0.5) is 23.0 Å². The first-order chi connectivity index (χ1) is 9.49. The molecule has 1 aromatic heterocycles. The summed E-state index contributed by atoms with van der Waals surface area (Å²) in [4.78, 5) is 14.5. The molecule has 2 rings (SSSR count). The average molecular weight is 313 g/mol. The number of nitro groups is 1. The van der Waals surface area contributed by atoms with E-state index < -0.39 is 4.92 Å². The summed E-state index contributed by atoms with van der Waals surface area (Å²) in [7, 11) is 1.63. The fourth-order valence-corrected chi connectivity index (χ4v) is 2.00. The van der Waals surface area contributed by atoms with E-state index in [9.17, 15) is 10.1 Å². The van der Waals surface area contributed by atoms with Gasteiger partial charge in [-0.05, 0) is 18.2 Å². The van der Waals surface area contributed by atoms with Crippen LogP contribution in [0.2, 0.25) is 10.0 Å². The van der Waals surface area contributed by atoms with E-state index in [-0.39, 0.29) is 5.69 Å². The summed E-state index contributed by atoms with van der Waals surface area (Å²) in [5, 5.41) is 17.5. The number of aromatic nitrogens is 1. The van der Waals surface area contributed by atoms with Gasteiger partial charge in [0.1, 0.15) is 11.6 Å². The Balaban J connectivity index is 2.37. The van der Waals surface area contributed by atoms with Crippen molar-refractivity contribution in [3.05, 3.63) is 50.5 Å². The third-order valence-corrected chi connectivity index (χ3v) is 3.02. The van der Waals surface area contributed by atoms with Crippen LogP contribution in [0.3, 0.4) is 0 Å². The van der Waals surface area contributed by atoms with E-state index in [2.05, 4.69) is 15.6 Å². The number of rotatable bonds is 4. The van der Waals surface area contributed by atoms with Gasteiger partial charge in [-0.25, -0.2) is 4.98 Å². The molecule has 1 aromatic carbocycles. The standard InChI is InChI=1S/C12H10Cl2N4O2/c1-15-11-5-8(18(19)20)6-12(17-11)16-10-3-2-7(13)4-9(10)14/h2-6H,1H3,(H2,15,16,17). The topological polar surface area (TPSA) is 80.1 Å². The van der Waals surface area contributed by atoms with E-state index in [1.54, 1.807) is 25.2 Å². The Morgan fingerprint density at radius 1 is 1.20 bits per heavy atom. The normalized spacial score (nSPS) is 10.2. The Bertz CT molecular complexity index is 664. The molecule has 0 bridgehead atoms. The van der Waals surface area contributed by atoms with Crippen molar-refractivity contribution in [2.24, 2.45) is 0 Å². The van der Waals surface area contributed by atoms with Crippen LogP contribution in [0.5, 0.6) is 0 Å². The molecule has 0 saturated carbocycles. The molecule has 0 aliphatic carbocycles. The molecule has 0 amide bonds. The van der Waals surface area contributed by atoms with E-state index in [1.807, 2.05) is 0 Å². The van der Waals surface area contributed by atoms with Crippen molar-refractivity contribution in [3.8, 4) is 0 Å². The minimum Gasteiger partial charge on any atom is -0.373 e. The van der Waals surface area contributed by atoms with Crippen molar-refractivity contribution < 1.29 is 4.92 Å². The predicted molar refractivity (Wildman–Crippen MR) is 80.2 cm³/mol. The van der Waals surface area contributed by atoms with Gasteiger partial charge in [-0.1, -0.05) is 23.2 Å². The minimum absolute atomic E-state index is 0.0723. The average Bonchev–Trinajstić information content (AvgIpc) is 2.41. The fraction of sp³-hybridized carbons (Fsp3) is 0.0833. The van der Waals surface area contributed by atoms with Gasteiger partial charge >= 0.3 is 0 Å². The summed E-state index contributed by atoms with van der Waals surface area (Å²) in [5.74, 6) is 0.694. The summed E-state index contributed by atoms with van der Waals surface area (Å²) in [6.45, 7) is 0. The highest BCUT2D eigenvalue weighted by Gasteiger charge is 2.11. The van der Waals surface area contributed by atoms with Crippen LogP contribution >= 0.6 is 23.2 Å². The molecule has 0 spiro atoms. The lowest BCUT2D eigenvalue weighted by Gasteiger charge is -2.09. The Hall–Kier alpha value is -2.05. The zero-order chi connectivity index (χ0) is 14.7. The largest absolute Gasteiger partial charge is 0.373 e. The van der Waals surface area contributed by atoms with Gasteiger partial charge in [0.2, 0.25) is 0 Å². The second-order valence-corrected chi connectivity index (χ2v) is 4.70. The second kappa shape index (κ2) is 5.94. The number of hydrogen-bond donors (Lipinski definition) is 2. The lowest BCUT2D eigenvalue weighted by molar-refractivity contribution is -0.384. The fourth-order valence-electron chi connectivity index (χ4n) is 1.54. The lowest BCUT2D eigenvalue weighted by Crippen LogP contribution is -2.00. The summed E-state index contributed by atoms with van der Waals surface area (Å²) < 4.78 is 0. The quantitative estimate of drug-likeness (QED) is 0.656. The maximum atomic E-state index is 10.9. The zero-order valence-corrected chi connectivity index (χ0v) is 11.9. The van der Waals surface area contributed by atoms with Gasteiger partial charge in [0.25, 0.3) is 5.69 Å². The maximum Gasteiger partial charge on any atom is 0.276 e. The first kappa shape index (κ1) is 14.4. The van der Waals surface area contributed by atoms with Crippen molar-refractivity contribution in [3.63, 3.8) is 0 Å². The molecular formula is C12H10Cl2N4O2. The highest BCUT2D eigenvalue weighted by Crippen LogP contribution is 2.29. The van der Waals surface area contributed by atoms with Crippen LogP contribution in [0.1, 0.15) is 0 Å². The van der Waals surface area contributed by atoms with Gasteiger partial charge in [0.15, 0.2) is 0 Å². The van der Waals surface area contributed by atoms with Crippen LogP contribution in [-0.4, -0.2) is 17.0 Å². The molecule has 1 heterocycles. The molecule has 8 heteroatoms. The predicted octanol–water partition coefficient (Wildman–Crippen LogP) is 4.08. The van der Waals surface area contributed by atoms with Gasteiger partial charge in [-0.3, -0.25) is 10.1 Å². The molecule has 0 aliphatic rings. The van der Waals surface area contributed by atoms with Gasteiger partial charge in [-0.2, -0.15) is 0 Å². The molecule has 104 valence electrons.